The molecular weight excluding hydrogens is 450 g/mol. The lowest BCUT2D eigenvalue weighted by atomic mass is 9.95. The molecular formula is C27H24F2N4O2. The van der Waals surface area contributed by atoms with E-state index in [0.29, 0.717) is 38.5 Å². The van der Waals surface area contributed by atoms with Crippen molar-refractivity contribution in [3.05, 3.63) is 95.8 Å². The highest BCUT2D eigenvalue weighted by molar-refractivity contribution is 5.94. The first kappa shape index (κ1) is 22.7. The summed E-state index contributed by atoms with van der Waals surface area (Å²) in [5, 5.41) is 2.98. The number of carbonyl (C=O) groups excluding carboxylic acids is 2. The normalized spacial score (nSPS) is 14.3. The van der Waals surface area contributed by atoms with Gasteiger partial charge in [-0.2, -0.15) is 0 Å². The summed E-state index contributed by atoms with van der Waals surface area (Å²) in [6, 6.07) is 18.8. The van der Waals surface area contributed by atoms with Crippen LogP contribution in [0, 0.1) is 17.6 Å². The van der Waals surface area contributed by atoms with Gasteiger partial charge in [0.25, 0.3) is 5.91 Å². The number of amides is 2. The summed E-state index contributed by atoms with van der Waals surface area (Å²) in [5.74, 6) is -2.35. The number of para-hydroxylation sites is 2. The molecule has 1 fully saturated rings. The van der Waals surface area contributed by atoms with Gasteiger partial charge in [0.2, 0.25) is 5.91 Å². The maximum atomic E-state index is 13.9. The van der Waals surface area contributed by atoms with Crippen molar-refractivity contribution in [2.45, 2.75) is 19.4 Å². The van der Waals surface area contributed by atoms with E-state index in [1.807, 2.05) is 53.1 Å². The largest absolute Gasteiger partial charge is 0.352 e. The lowest BCUT2D eigenvalue weighted by Gasteiger charge is -2.31. The molecule has 0 radical (unpaired) electrons. The first-order chi connectivity index (χ1) is 17.0. The molecule has 4 aromatic rings. The second-order valence-electron chi connectivity index (χ2n) is 8.68. The highest BCUT2D eigenvalue weighted by Crippen LogP contribution is 2.22. The predicted octanol–water partition coefficient (Wildman–Crippen LogP) is 4.47. The molecule has 6 nitrogen and oxygen atoms in total. The molecule has 8 heteroatoms. The van der Waals surface area contributed by atoms with Crippen LogP contribution in [-0.4, -0.2) is 39.4 Å². The van der Waals surface area contributed by atoms with Crippen LogP contribution in [0.15, 0.2) is 73.1 Å². The second kappa shape index (κ2) is 9.66. The minimum absolute atomic E-state index is 0.0604. The van der Waals surface area contributed by atoms with Crippen molar-refractivity contribution in [1.82, 2.24) is 19.8 Å². The number of fused-ring (bicyclic) bond motifs is 1. The van der Waals surface area contributed by atoms with Gasteiger partial charge in [-0.1, -0.05) is 24.3 Å². The SMILES string of the molecule is O=C(NCc1ccc(-n2cnc3ccccc32)cc1)C1CCN(C(=O)c2ccc(F)cc2F)CC1. The molecule has 1 saturated heterocycles. The van der Waals surface area contributed by atoms with Gasteiger partial charge in [0.15, 0.2) is 0 Å². The number of hydrogen-bond acceptors (Lipinski definition) is 3. The molecule has 2 heterocycles. The van der Waals surface area contributed by atoms with Gasteiger partial charge in [0.05, 0.1) is 16.6 Å². The average Bonchev–Trinajstić information content (AvgIpc) is 3.31. The highest BCUT2D eigenvalue weighted by Gasteiger charge is 2.28. The summed E-state index contributed by atoms with van der Waals surface area (Å²) in [7, 11) is 0. The lowest BCUT2D eigenvalue weighted by molar-refractivity contribution is -0.126. The van der Waals surface area contributed by atoms with Gasteiger partial charge in [-0.15, -0.1) is 0 Å². The molecule has 0 spiro atoms. The first-order valence-electron chi connectivity index (χ1n) is 11.5. The number of halogens is 2. The molecule has 0 atom stereocenters. The van der Waals surface area contributed by atoms with Crippen molar-refractivity contribution in [1.29, 1.82) is 0 Å². The number of piperidine rings is 1. The van der Waals surface area contributed by atoms with Crippen molar-refractivity contribution >= 4 is 22.8 Å². The molecule has 3 aromatic carbocycles. The molecule has 5 rings (SSSR count). The standard InChI is InChI=1S/C27H24F2N4O2/c28-20-7-10-22(23(29)15-20)27(35)32-13-11-19(12-14-32)26(34)30-16-18-5-8-21(9-6-18)33-17-31-24-3-1-2-4-25(24)33/h1-10,15,17,19H,11-14,16H2,(H,30,34). The minimum atomic E-state index is -0.873. The molecule has 1 N–H and O–H groups in total. The molecule has 2 amide bonds. The molecule has 0 aliphatic carbocycles. The average molecular weight is 475 g/mol. The Bertz CT molecular complexity index is 1380. The highest BCUT2D eigenvalue weighted by atomic mass is 19.1. The number of hydrogen-bond donors (Lipinski definition) is 1. The molecule has 178 valence electrons. The number of nitrogens with one attached hydrogen (secondary N) is 1. The van der Waals surface area contributed by atoms with Gasteiger partial charge in [-0.25, -0.2) is 13.8 Å². The first-order valence-corrected chi connectivity index (χ1v) is 11.5. The fourth-order valence-corrected chi connectivity index (χ4v) is 4.45. The zero-order chi connectivity index (χ0) is 24.4. The number of imidazole rings is 1. The van der Waals surface area contributed by atoms with E-state index in [0.717, 1.165) is 34.4 Å². The second-order valence-corrected chi connectivity index (χ2v) is 8.68. The fourth-order valence-electron chi connectivity index (χ4n) is 4.45. The smallest absolute Gasteiger partial charge is 0.256 e. The van der Waals surface area contributed by atoms with E-state index in [9.17, 15) is 18.4 Å². The Balaban J connectivity index is 1.14. The number of nitrogens with zero attached hydrogens (tertiary/aromatic N) is 3. The van der Waals surface area contributed by atoms with Crippen LogP contribution in [0.5, 0.6) is 0 Å². The van der Waals surface area contributed by atoms with Crippen LogP contribution in [0.4, 0.5) is 8.78 Å². The summed E-state index contributed by atoms with van der Waals surface area (Å²) in [6.45, 7) is 1.10. The Morgan fingerprint density at radius 1 is 0.971 bits per heavy atom. The topological polar surface area (TPSA) is 67.2 Å². The summed E-state index contributed by atoms with van der Waals surface area (Å²) in [5.41, 5.74) is 3.77. The zero-order valence-electron chi connectivity index (χ0n) is 19.0. The van der Waals surface area contributed by atoms with E-state index < -0.39 is 17.5 Å². The molecule has 0 bridgehead atoms. The lowest BCUT2D eigenvalue weighted by Crippen LogP contribution is -2.43. The number of rotatable bonds is 5. The van der Waals surface area contributed by atoms with Crippen molar-refractivity contribution in [2.75, 3.05) is 13.1 Å². The van der Waals surface area contributed by atoms with Gasteiger partial charge < -0.3 is 10.2 Å². The van der Waals surface area contributed by atoms with Crippen molar-refractivity contribution in [3.8, 4) is 5.69 Å². The Morgan fingerprint density at radius 3 is 2.46 bits per heavy atom. The third kappa shape index (κ3) is 4.77. The van der Waals surface area contributed by atoms with Crippen LogP contribution >= 0.6 is 0 Å². The van der Waals surface area contributed by atoms with Crippen molar-refractivity contribution in [2.24, 2.45) is 5.92 Å². The fraction of sp³-hybridized carbons (Fsp3) is 0.222. The van der Waals surface area contributed by atoms with Gasteiger partial charge in [0, 0.05) is 37.3 Å². The maximum absolute atomic E-state index is 13.9. The van der Waals surface area contributed by atoms with Crippen LogP contribution < -0.4 is 5.32 Å². The molecule has 1 aliphatic heterocycles. The van der Waals surface area contributed by atoms with Crippen molar-refractivity contribution < 1.29 is 18.4 Å². The van der Waals surface area contributed by atoms with Crippen LogP contribution in [0.1, 0.15) is 28.8 Å². The summed E-state index contributed by atoms with van der Waals surface area (Å²) < 4.78 is 29.1. The summed E-state index contributed by atoms with van der Waals surface area (Å²) >= 11 is 0. The number of aromatic nitrogens is 2. The monoisotopic (exact) mass is 474 g/mol. The van der Waals surface area contributed by atoms with Gasteiger partial charge in [-0.3, -0.25) is 14.2 Å². The van der Waals surface area contributed by atoms with Gasteiger partial charge in [0.1, 0.15) is 18.0 Å². The third-order valence-corrected chi connectivity index (χ3v) is 6.45. The summed E-state index contributed by atoms with van der Waals surface area (Å²) in [6.07, 6.45) is 2.78. The van der Waals surface area contributed by atoms with Crippen LogP contribution in [0.25, 0.3) is 16.7 Å². The third-order valence-electron chi connectivity index (χ3n) is 6.45. The van der Waals surface area contributed by atoms with Crippen molar-refractivity contribution in [3.63, 3.8) is 0 Å². The van der Waals surface area contributed by atoms with Crippen LogP contribution in [-0.2, 0) is 11.3 Å². The predicted molar refractivity (Wildman–Crippen MR) is 128 cm³/mol. The minimum Gasteiger partial charge on any atom is -0.352 e. The molecule has 35 heavy (non-hydrogen) atoms. The number of benzene rings is 3. The Kier molecular flexibility index (Phi) is 6.27. The molecule has 0 saturated carbocycles. The number of likely N-dealkylation sites (tertiary alicyclic amines) is 1. The van der Waals surface area contributed by atoms with Crippen LogP contribution in [0.3, 0.4) is 0 Å². The zero-order valence-corrected chi connectivity index (χ0v) is 19.0. The van der Waals surface area contributed by atoms with E-state index in [4.69, 9.17) is 0 Å². The van der Waals surface area contributed by atoms with Gasteiger partial charge in [-0.05, 0) is 54.8 Å². The van der Waals surface area contributed by atoms with E-state index in [1.165, 1.54) is 4.90 Å². The van der Waals surface area contributed by atoms with E-state index in [1.54, 1.807) is 6.33 Å². The Hall–Kier alpha value is -4.07. The number of carbonyl (C=O) groups is 2. The molecule has 1 aromatic heterocycles. The van der Waals surface area contributed by atoms with E-state index in [2.05, 4.69) is 10.3 Å². The quantitative estimate of drug-likeness (QED) is 0.464. The molecule has 0 unspecified atom stereocenters. The molecule has 1 aliphatic rings. The summed E-state index contributed by atoms with van der Waals surface area (Å²) in [4.78, 5) is 31.2. The Morgan fingerprint density at radius 2 is 1.71 bits per heavy atom. The maximum Gasteiger partial charge on any atom is 0.256 e. The Labute approximate surface area is 201 Å². The van der Waals surface area contributed by atoms with Crippen LogP contribution in [0.2, 0.25) is 0 Å². The van der Waals surface area contributed by atoms with E-state index >= 15 is 0 Å². The van der Waals surface area contributed by atoms with Gasteiger partial charge >= 0.3 is 0 Å². The van der Waals surface area contributed by atoms with E-state index in [-0.39, 0.29) is 17.4 Å².